The Morgan fingerprint density at radius 3 is 2.44 bits per heavy atom. The number of nitrogens with zero attached hydrogens (tertiary/aromatic N) is 8. The molecule has 1 N–H and O–H groups in total. The van der Waals surface area contributed by atoms with Crippen molar-refractivity contribution in [3.63, 3.8) is 0 Å². The summed E-state index contributed by atoms with van der Waals surface area (Å²) < 4.78 is 41.0. The number of amides is 1. The van der Waals surface area contributed by atoms with Crippen LogP contribution >= 0.6 is 0 Å². The van der Waals surface area contributed by atoms with Crippen LogP contribution in [0.3, 0.4) is 0 Å². The van der Waals surface area contributed by atoms with Gasteiger partial charge in [-0.15, -0.1) is 0 Å². The number of benzene rings is 2. The number of hydrogen-bond donors (Lipinski definition) is 1. The van der Waals surface area contributed by atoms with Crippen molar-refractivity contribution < 1.29 is 18.0 Å². The largest absolute Gasteiger partial charge is 0.401 e. The maximum absolute atomic E-state index is 12.9. The molecule has 2 aromatic heterocycles. The molecule has 0 aliphatic carbocycles. The summed E-state index contributed by atoms with van der Waals surface area (Å²) in [5.41, 5.74) is 6.85. The van der Waals surface area contributed by atoms with Gasteiger partial charge >= 0.3 is 6.18 Å². The number of aromatic nitrogens is 3. The third kappa shape index (κ3) is 8.41. The number of aryl methyl sites for hydroxylation is 1. The van der Waals surface area contributed by atoms with Gasteiger partial charge in [-0.05, 0) is 55.0 Å². The van der Waals surface area contributed by atoms with E-state index in [2.05, 4.69) is 54.8 Å². The first-order chi connectivity index (χ1) is 25.1. The topological polar surface area (TPSA) is 96.6 Å². The number of carbonyl (C=O) groups excluding carboxylic acids is 1. The smallest absolute Gasteiger partial charge is 0.367 e. The van der Waals surface area contributed by atoms with Gasteiger partial charge in [0.15, 0.2) is 0 Å². The number of anilines is 1. The van der Waals surface area contributed by atoms with Gasteiger partial charge in [-0.3, -0.25) is 19.5 Å². The zero-order valence-electron chi connectivity index (χ0n) is 29.7. The number of halogens is 3. The standard InChI is InChI=1S/C39H46F3N9O/c1-28-30(24-48-12-9-31(10-13-48)46-38-33-11-14-49(26-39(40,41)42)25-35(33)44-27-45-38)7-8-36-34(28)22-32(23-43)51(36)20-17-47-15-18-50(19-16-47)37(52)21-29-5-3-2-4-6-29/h2-8,22,27,31H,9-21,24-26H2,1H3,(H,44,45,46). The van der Waals surface area contributed by atoms with Gasteiger partial charge in [0.2, 0.25) is 5.91 Å². The first-order valence-electron chi connectivity index (χ1n) is 18.3. The number of likely N-dealkylation sites (tertiary alicyclic amines) is 1. The van der Waals surface area contributed by atoms with E-state index in [1.165, 1.54) is 22.4 Å². The van der Waals surface area contributed by atoms with Crippen molar-refractivity contribution in [2.45, 2.75) is 64.5 Å². The van der Waals surface area contributed by atoms with Gasteiger partial charge in [-0.25, -0.2) is 9.97 Å². The fourth-order valence-electron chi connectivity index (χ4n) is 7.96. The van der Waals surface area contributed by atoms with Gasteiger partial charge in [0.1, 0.15) is 23.9 Å². The maximum Gasteiger partial charge on any atom is 0.401 e. The van der Waals surface area contributed by atoms with Crippen molar-refractivity contribution in [1.82, 2.24) is 34.1 Å². The lowest BCUT2D eigenvalue weighted by atomic mass is 10.00. The van der Waals surface area contributed by atoms with E-state index in [0.29, 0.717) is 37.3 Å². The van der Waals surface area contributed by atoms with Crippen molar-refractivity contribution in [2.75, 3.05) is 64.2 Å². The van der Waals surface area contributed by atoms with Gasteiger partial charge in [0.25, 0.3) is 0 Å². The minimum Gasteiger partial charge on any atom is -0.367 e. The summed E-state index contributed by atoms with van der Waals surface area (Å²) in [5.74, 6) is 0.928. The van der Waals surface area contributed by atoms with E-state index in [1.54, 1.807) is 0 Å². The number of hydrogen-bond acceptors (Lipinski definition) is 8. The van der Waals surface area contributed by atoms with Gasteiger partial charge in [-0.1, -0.05) is 36.4 Å². The number of nitriles is 1. The average molecular weight is 714 g/mol. The molecular weight excluding hydrogens is 667 g/mol. The Bertz CT molecular complexity index is 1910. The molecule has 0 atom stereocenters. The van der Waals surface area contributed by atoms with E-state index in [9.17, 15) is 23.2 Å². The Kier molecular flexibility index (Phi) is 10.8. The highest BCUT2D eigenvalue weighted by molar-refractivity contribution is 5.86. The molecule has 2 saturated heterocycles. The molecule has 10 nitrogen and oxygen atoms in total. The maximum atomic E-state index is 12.9. The van der Waals surface area contributed by atoms with Gasteiger partial charge in [-0.2, -0.15) is 18.4 Å². The fraction of sp³-hybridized carbons (Fsp3) is 0.487. The number of nitrogens with one attached hydrogen (secondary N) is 1. The highest BCUT2D eigenvalue weighted by atomic mass is 19.4. The van der Waals surface area contributed by atoms with Crippen molar-refractivity contribution in [1.29, 1.82) is 5.26 Å². The molecule has 3 aliphatic heterocycles. The summed E-state index contributed by atoms with van der Waals surface area (Å²) in [6.45, 7) is 9.01. The first kappa shape index (κ1) is 35.9. The number of carbonyl (C=O) groups is 1. The highest BCUT2D eigenvalue weighted by Crippen LogP contribution is 2.30. The van der Waals surface area contributed by atoms with E-state index in [-0.39, 0.29) is 18.5 Å². The Morgan fingerprint density at radius 1 is 0.942 bits per heavy atom. The third-order valence-corrected chi connectivity index (χ3v) is 11.0. The van der Waals surface area contributed by atoms with Crippen LogP contribution in [0.25, 0.3) is 10.9 Å². The van der Waals surface area contributed by atoms with Crippen LogP contribution < -0.4 is 5.32 Å². The number of piperazine rings is 1. The van der Waals surface area contributed by atoms with Gasteiger partial charge < -0.3 is 14.8 Å². The lowest BCUT2D eigenvalue weighted by molar-refractivity contribution is -0.147. The predicted molar refractivity (Wildman–Crippen MR) is 194 cm³/mol. The molecule has 0 saturated carbocycles. The zero-order chi connectivity index (χ0) is 36.2. The second-order valence-corrected chi connectivity index (χ2v) is 14.4. The Hall–Kier alpha value is -4.51. The van der Waals surface area contributed by atoms with Crippen LogP contribution in [0.5, 0.6) is 0 Å². The van der Waals surface area contributed by atoms with Crippen LogP contribution in [-0.2, 0) is 37.3 Å². The van der Waals surface area contributed by atoms with Crippen molar-refractivity contribution in [3.8, 4) is 6.07 Å². The van der Waals surface area contributed by atoms with Gasteiger partial charge in [0, 0.05) is 94.5 Å². The lowest BCUT2D eigenvalue weighted by Crippen LogP contribution is -2.49. The summed E-state index contributed by atoms with van der Waals surface area (Å²) in [4.78, 5) is 29.8. The Balaban J connectivity index is 0.912. The lowest BCUT2D eigenvalue weighted by Gasteiger charge is -2.35. The van der Waals surface area contributed by atoms with Crippen molar-refractivity contribution in [3.05, 3.63) is 88.5 Å². The predicted octanol–water partition coefficient (Wildman–Crippen LogP) is 5.00. The monoisotopic (exact) mass is 713 g/mol. The summed E-state index contributed by atoms with van der Waals surface area (Å²) >= 11 is 0. The second-order valence-electron chi connectivity index (χ2n) is 14.4. The molecular formula is C39H46F3N9O. The van der Waals surface area contributed by atoms with Crippen LogP contribution in [0.1, 0.15) is 46.5 Å². The summed E-state index contributed by atoms with van der Waals surface area (Å²) in [5, 5.41) is 14.8. The normalized spacial score (nSPS) is 18.0. The zero-order valence-corrected chi connectivity index (χ0v) is 29.7. The fourth-order valence-corrected chi connectivity index (χ4v) is 7.96. The van der Waals surface area contributed by atoms with Crippen molar-refractivity contribution in [2.24, 2.45) is 0 Å². The van der Waals surface area contributed by atoms with Gasteiger partial charge in [0.05, 0.1) is 18.7 Å². The van der Waals surface area contributed by atoms with E-state index >= 15 is 0 Å². The second kappa shape index (κ2) is 15.6. The number of fused-ring (bicyclic) bond motifs is 2. The van der Waals surface area contributed by atoms with E-state index < -0.39 is 12.7 Å². The molecule has 4 aromatic rings. The first-order valence-corrected chi connectivity index (χ1v) is 18.3. The molecule has 1 amide bonds. The molecule has 3 aliphatic rings. The highest BCUT2D eigenvalue weighted by Gasteiger charge is 2.33. The van der Waals surface area contributed by atoms with E-state index in [1.807, 2.05) is 41.3 Å². The number of rotatable bonds is 10. The summed E-state index contributed by atoms with van der Waals surface area (Å²) in [7, 11) is 0. The van der Waals surface area contributed by atoms with Crippen LogP contribution in [-0.4, -0.2) is 111 Å². The Morgan fingerprint density at radius 2 is 1.71 bits per heavy atom. The molecule has 0 unspecified atom stereocenters. The molecule has 0 spiro atoms. The van der Waals surface area contributed by atoms with E-state index in [4.69, 9.17) is 0 Å². The minimum atomic E-state index is -4.22. The van der Waals surface area contributed by atoms with Crippen LogP contribution in [0.2, 0.25) is 0 Å². The molecule has 5 heterocycles. The summed E-state index contributed by atoms with van der Waals surface area (Å²) in [6, 6.07) is 18.9. The van der Waals surface area contributed by atoms with Crippen LogP contribution in [0, 0.1) is 18.3 Å². The van der Waals surface area contributed by atoms with E-state index in [0.717, 1.165) is 93.0 Å². The van der Waals surface area contributed by atoms with Crippen molar-refractivity contribution >= 4 is 22.6 Å². The van der Waals surface area contributed by atoms with Crippen LogP contribution in [0.4, 0.5) is 19.0 Å². The molecule has 13 heteroatoms. The quantitative estimate of drug-likeness (QED) is 0.246. The molecule has 274 valence electrons. The van der Waals surface area contributed by atoms with Crippen LogP contribution in [0.15, 0.2) is 54.9 Å². The molecule has 52 heavy (non-hydrogen) atoms. The minimum absolute atomic E-state index is 0.173. The summed E-state index contributed by atoms with van der Waals surface area (Å²) in [6.07, 6.45) is 0.0361. The Labute approximate surface area is 302 Å². The SMILES string of the molecule is Cc1c(CN2CCC(Nc3ncnc4c3CCN(CC(F)(F)F)C4)CC2)ccc2c1cc(C#N)n2CCN1CCN(C(=O)Cc2ccccc2)CC1. The number of piperidine rings is 1. The molecule has 2 aromatic carbocycles. The molecule has 0 radical (unpaired) electrons. The molecule has 0 bridgehead atoms. The number of alkyl halides is 3. The molecule has 2 fully saturated rings. The molecule has 7 rings (SSSR count). The average Bonchev–Trinajstić information content (AvgIpc) is 3.51. The third-order valence-electron chi connectivity index (χ3n) is 11.0.